The molecule has 21 heavy (non-hydrogen) atoms. The number of piperidine rings is 1. The zero-order valence-electron chi connectivity index (χ0n) is 12.3. The van der Waals surface area contributed by atoms with Crippen molar-refractivity contribution in [2.75, 3.05) is 13.1 Å². The molecule has 3 rings (SSSR count). The summed E-state index contributed by atoms with van der Waals surface area (Å²) in [5.41, 5.74) is 0. The van der Waals surface area contributed by atoms with E-state index in [1.165, 1.54) is 34.6 Å². The Labute approximate surface area is 139 Å². The highest BCUT2D eigenvalue weighted by Gasteiger charge is 2.31. The maximum Gasteiger partial charge on any atom is 0.220 e. The van der Waals surface area contributed by atoms with E-state index in [1.807, 2.05) is 0 Å². The quantitative estimate of drug-likeness (QED) is 0.829. The summed E-state index contributed by atoms with van der Waals surface area (Å²) in [5, 5.41) is 3.22. The van der Waals surface area contributed by atoms with Crippen molar-refractivity contribution in [3.05, 3.63) is 20.8 Å². The van der Waals surface area contributed by atoms with E-state index < -0.39 is 0 Å². The van der Waals surface area contributed by atoms with Crippen molar-refractivity contribution in [1.82, 2.24) is 10.2 Å². The molecule has 5 heteroatoms. The highest BCUT2D eigenvalue weighted by Crippen LogP contribution is 2.29. The average Bonchev–Trinajstić information content (AvgIpc) is 3.23. The predicted octanol–water partition coefficient (Wildman–Crippen LogP) is 3.58. The second kappa shape index (κ2) is 7.25. The Hall–Kier alpha value is -0.390. The molecule has 0 unspecified atom stereocenters. The standard InChI is InChI=1S/C16H23BrN2OS/c17-15-7-6-14(21-15)2-1-3-16(20)18-12-8-10-19(11-9-12)13-4-5-13/h6-7,12-13H,1-5,8-11H2,(H,18,20). The van der Waals surface area contributed by atoms with Gasteiger partial charge in [0.05, 0.1) is 3.79 Å². The number of thiophene rings is 1. The van der Waals surface area contributed by atoms with Gasteiger partial charge in [0.15, 0.2) is 0 Å². The Bertz CT molecular complexity index is 478. The summed E-state index contributed by atoms with van der Waals surface area (Å²) in [4.78, 5) is 16.0. The highest BCUT2D eigenvalue weighted by molar-refractivity contribution is 9.11. The zero-order valence-corrected chi connectivity index (χ0v) is 14.7. The van der Waals surface area contributed by atoms with Crippen molar-refractivity contribution >= 4 is 33.2 Å². The van der Waals surface area contributed by atoms with Crippen LogP contribution in [0, 0.1) is 0 Å². The molecule has 0 radical (unpaired) electrons. The molecule has 1 aliphatic carbocycles. The monoisotopic (exact) mass is 370 g/mol. The second-order valence-electron chi connectivity index (χ2n) is 6.17. The predicted molar refractivity (Wildman–Crippen MR) is 90.7 cm³/mol. The van der Waals surface area contributed by atoms with Crippen molar-refractivity contribution in [1.29, 1.82) is 0 Å². The lowest BCUT2D eigenvalue weighted by Gasteiger charge is -2.32. The number of amides is 1. The number of likely N-dealkylation sites (tertiary alicyclic amines) is 1. The molecule has 1 N–H and O–H groups in total. The molecule has 0 aromatic carbocycles. The van der Waals surface area contributed by atoms with E-state index in [1.54, 1.807) is 11.3 Å². The van der Waals surface area contributed by atoms with Crippen LogP contribution in [0.1, 0.15) is 43.4 Å². The molecule has 1 aromatic heterocycles. The van der Waals surface area contributed by atoms with Crippen molar-refractivity contribution in [2.24, 2.45) is 0 Å². The van der Waals surface area contributed by atoms with E-state index >= 15 is 0 Å². The fraction of sp³-hybridized carbons (Fsp3) is 0.688. The van der Waals surface area contributed by atoms with Gasteiger partial charge in [-0.15, -0.1) is 11.3 Å². The number of hydrogen-bond acceptors (Lipinski definition) is 3. The summed E-state index contributed by atoms with van der Waals surface area (Å²) in [6.07, 6.45) is 7.62. The van der Waals surface area contributed by atoms with Crippen LogP contribution in [0.3, 0.4) is 0 Å². The molecule has 0 atom stereocenters. The number of rotatable bonds is 6. The molecule has 0 spiro atoms. The number of nitrogens with zero attached hydrogens (tertiary/aromatic N) is 1. The SMILES string of the molecule is O=C(CCCc1ccc(Br)s1)NC1CCN(C2CC2)CC1. The van der Waals surface area contributed by atoms with Crippen molar-refractivity contribution in [2.45, 2.75) is 57.0 Å². The molecule has 1 aliphatic heterocycles. The number of hydrogen-bond donors (Lipinski definition) is 1. The van der Waals surface area contributed by atoms with Crippen LogP contribution in [0.2, 0.25) is 0 Å². The first-order valence-corrected chi connectivity index (χ1v) is 9.59. The van der Waals surface area contributed by atoms with Gasteiger partial charge in [0.1, 0.15) is 0 Å². The van der Waals surface area contributed by atoms with Crippen molar-refractivity contribution in [3.63, 3.8) is 0 Å². The topological polar surface area (TPSA) is 32.3 Å². The van der Waals surface area contributed by atoms with Crippen LogP contribution in [0.15, 0.2) is 15.9 Å². The lowest BCUT2D eigenvalue weighted by atomic mass is 10.0. The van der Waals surface area contributed by atoms with Crippen molar-refractivity contribution in [3.8, 4) is 0 Å². The average molecular weight is 371 g/mol. The fourth-order valence-corrected chi connectivity index (χ4v) is 4.58. The Kier molecular flexibility index (Phi) is 5.35. The first kappa shape index (κ1) is 15.5. The van der Waals surface area contributed by atoms with Gasteiger partial charge in [0.25, 0.3) is 0 Å². The van der Waals surface area contributed by atoms with Gasteiger partial charge in [-0.3, -0.25) is 4.79 Å². The van der Waals surface area contributed by atoms with Crippen molar-refractivity contribution < 1.29 is 4.79 Å². The summed E-state index contributed by atoms with van der Waals surface area (Å²) in [6, 6.07) is 5.49. The lowest BCUT2D eigenvalue weighted by Crippen LogP contribution is -2.45. The fourth-order valence-electron chi connectivity index (χ4n) is 3.06. The third-order valence-corrected chi connectivity index (χ3v) is 6.10. The molecule has 0 bridgehead atoms. The number of halogens is 1. The van der Waals surface area contributed by atoms with Crippen LogP contribution < -0.4 is 5.32 Å². The van der Waals surface area contributed by atoms with Gasteiger partial charge in [-0.1, -0.05) is 0 Å². The molecule has 1 aromatic rings. The molecular formula is C16H23BrN2OS. The van der Waals surface area contributed by atoms with Gasteiger partial charge < -0.3 is 10.2 Å². The van der Waals surface area contributed by atoms with Gasteiger partial charge in [0.2, 0.25) is 5.91 Å². The first-order valence-electron chi connectivity index (χ1n) is 7.98. The van der Waals surface area contributed by atoms with E-state index in [9.17, 15) is 4.79 Å². The largest absolute Gasteiger partial charge is 0.353 e. The van der Waals surface area contributed by atoms with E-state index in [0.29, 0.717) is 12.5 Å². The van der Waals surface area contributed by atoms with E-state index in [4.69, 9.17) is 0 Å². The summed E-state index contributed by atoms with van der Waals surface area (Å²) >= 11 is 5.24. The molecule has 3 nitrogen and oxygen atoms in total. The summed E-state index contributed by atoms with van der Waals surface area (Å²) in [5.74, 6) is 0.232. The number of nitrogens with one attached hydrogen (secondary N) is 1. The van der Waals surface area contributed by atoms with E-state index in [2.05, 4.69) is 38.3 Å². The van der Waals surface area contributed by atoms with Gasteiger partial charge in [-0.25, -0.2) is 0 Å². The van der Waals surface area contributed by atoms with Crippen LogP contribution in [-0.2, 0) is 11.2 Å². The number of aryl methyl sites for hydroxylation is 1. The van der Waals surface area contributed by atoms with Gasteiger partial charge in [-0.2, -0.15) is 0 Å². The van der Waals surface area contributed by atoms with Crippen LogP contribution in [0.25, 0.3) is 0 Å². The van der Waals surface area contributed by atoms with E-state index in [0.717, 1.165) is 31.7 Å². The molecule has 1 saturated carbocycles. The lowest BCUT2D eigenvalue weighted by molar-refractivity contribution is -0.122. The van der Waals surface area contributed by atoms with Gasteiger partial charge in [0, 0.05) is 36.5 Å². The Balaban J connectivity index is 1.31. The smallest absolute Gasteiger partial charge is 0.220 e. The van der Waals surface area contributed by atoms with Gasteiger partial charge in [-0.05, 0) is 66.6 Å². The van der Waals surface area contributed by atoms with Crippen LogP contribution in [0.4, 0.5) is 0 Å². The Morgan fingerprint density at radius 3 is 2.67 bits per heavy atom. The Morgan fingerprint density at radius 2 is 2.05 bits per heavy atom. The third-order valence-electron chi connectivity index (χ3n) is 4.41. The minimum atomic E-state index is 0.232. The molecule has 2 fully saturated rings. The maximum atomic E-state index is 12.0. The summed E-state index contributed by atoms with van der Waals surface area (Å²) in [6.45, 7) is 2.33. The molecular weight excluding hydrogens is 348 g/mol. The van der Waals surface area contributed by atoms with Crippen LogP contribution in [-0.4, -0.2) is 36.0 Å². The first-order chi connectivity index (χ1) is 10.2. The normalized spacial score (nSPS) is 20.6. The summed E-state index contributed by atoms with van der Waals surface area (Å²) < 4.78 is 1.17. The second-order valence-corrected chi connectivity index (χ2v) is 8.72. The Morgan fingerprint density at radius 1 is 1.29 bits per heavy atom. The minimum absolute atomic E-state index is 0.232. The maximum absolute atomic E-state index is 12.0. The molecule has 2 aliphatic rings. The van der Waals surface area contributed by atoms with Gasteiger partial charge >= 0.3 is 0 Å². The highest BCUT2D eigenvalue weighted by atomic mass is 79.9. The molecule has 2 heterocycles. The van der Waals surface area contributed by atoms with Crippen LogP contribution in [0.5, 0.6) is 0 Å². The number of carbonyl (C=O) groups is 1. The zero-order chi connectivity index (χ0) is 14.7. The minimum Gasteiger partial charge on any atom is -0.353 e. The summed E-state index contributed by atoms with van der Waals surface area (Å²) in [7, 11) is 0. The number of carbonyl (C=O) groups excluding carboxylic acids is 1. The third kappa shape index (κ3) is 4.80. The molecule has 1 saturated heterocycles. The molecule has 1 amide bonds. The van der Waals surface area contributed by atoms with E-state index in [-0.39, 0.29) is 5.91 Å². The molecule has 116 valence electrons. The van der Waals surface area contributed by atoms with Crippen LogP contribution >= 0.6 is 27.3 Å².